The summed E-state index contributed by atoms with van der Waals surface area (Å²) in [6, 6.07) is 0. The minimum absolute atomic E-state index is 0.359. The van der Waals surface area contributed by atoms with E-state index in [4.69, 9.17) is 10.2 Å². The van der Waals surface area contributed by atoms with E-state index in [1.807, 2.05) is 0 Å². The number of aliphatic hydroxyl groups excluding tert-OH is 1. The van der Waals surface area contributed by atoms with E-state index in [-0.39, 0.29) is 5.97 Å². The monoisotopic (exact) mass is 276 g/mol. The fourth-order valence-electron chi connectivity index (χ4n) is 0.586. The van der Waals surface area contributed by atoms with Crippen molar-refractivity contribution in [3.05, 3.63) is 25.8 Å². The van der Waals surface area contributed by atoms with Gasteiger partial charge in [0.05, 0.1) is 20.1 Å². The highest BCUT2D eigenvalue weighted by Gasteiger charge is 2.18. The van der Waals surface area contributed by atoms with E-state index < -0.39 is 24.5 Å². The van der Waals surface area contributed by atoms with Gasteiger partial charge in [-0.3, -0.25) is 4.79 Å². The number of carbonyl (C=O) groups is 3. The second-order valence-corrected chi connectivity index (χ2v) is 2.59. The van der Waals surface area contributed by atoms with Crippen LogP contribution in [0.2, 0.25) is 0 Å². The molecule has 0 spiro atoms. The third-order valence-electron chi connectivity index (χ3n) is 1.29. The molecule has 7 nitrogen and oxygen atoms in total. The summed E-state index contributed by atoms with van der Waals surface area (Å²) in [5, 5.41) is 16.7. The molecule has 0 aliphatic heterocycles. The molecule has 0 radical (unpaired) electrons. The molecule has 0 aliphatic carbocycles. The quantitative estimate of drug-likeness (QED) is 0.428. The number of esters is 2. The van der Waals surface area contributed by atoms with Crippen molar-refractivity contribution in [3.8, 4) is 0 Å². The van der Waals surface area contributed by atoms with Crippen molar-refractivity contribution in [2.45, 2.75) is 19.4 Å². The first kappa shape index (κ1) is 22.1. The highest BCUT2D eigenvalue weighted by atomic mass is 16.5. The van der Waals surface area contributed by atoms with E-state index in [9.17, 15) is 14.4 Å². The summed E-state index contributed by atoms with van der Waals surface area (Å²) >= 11 is 0. The average Bonchev–Trinajstić information content (AvgIpc) is 2.40. The van der Waals surface area contributed by atoms with E-state index in [1.54, 1.807) is 6.92 Å². The summed E-state index contributed by atoms with van der Waals surface area (Å²) in [7, 11) is 1.08. The van der Waals surface area contributed by atoms with Gasteiger partial charge in [-0.05, 0) is 6.92 Å². The number of carboxylic acids is 1. The molecule has 110 valence electrons. The van der Waals surface area contributed by atoms with Gasteiger partial charge >= 0.3 is 17.9 Å². The molecule has 0 saturated carbocycles. The molecule has 0 amide bonds. The smallest absolute Gasteiger partial charge is 0.335 e. The Labute approximate surface area is 112 Å². The maximum atomic E-state index is 10.3. The highest BCUT2D eigenvalue weighted by Crippen LogP contribution is 1.92. The van der Waals surface area contributed by atoms with Crippen molar-refractivity contribution in [3.63, 3.8) is 0 Å². The largest absolute Gasteiger partial charge is 0.481 e. The van der Waals surface area contributed by atoms with Crippen LogP contribution < -0.4 is 0 Å². The Hall–Kier alpha value is -2.15. The number of aliphatic carboxylic acids is 1. The molecule has 0 rings (SSSR count). The maximum absolute atomic E-state index is 10.3. The molecule has 0 heterocycles. The summed E-state index contributed by atoms with van der Waals surface area (Å²) < 4.78 is 8.49. The maximum Gasteiger partial charge on any atom is 0.335 e. The molecule has 19 heavy (non-hydrogen) atoms. The lowest BCUT2D eigenvalue weighted by Crippen LogP contribution is -2.24. The molecular weight excluding hydrogens is 256 g/mol. The number of aliphatic hydroxyl groups is 1. The van der Waals surface area contributed by atoms with Gasteiger partial charge in [0, 0.05) is 6.08 Å². The third-order valence-corrected chi connectivity index (χ3v) is 1.29. The summed E-state index contributed by atoms with van der Waals surface area (Å²) in [4.78, 5) is 30.2. The SMILES string of the molecule is C=C.C=CC(=O)OCC.COC(=O)C(O)CC(=O)O. The topological polar surface area (TPSA) is 110 Å². The Morgan fingerprint density at radius 3 is 2.00 bits per heavy atom. The zero-order valence-corrected chi connectivity index (χ0v) is 11.1. The lowest BCUT2D eigenvalue weighted by Gasteiger charge is -2.03. The average molecular weight is 276 g/mol. The fourth-order valence-corrected chi connectivity index (χ4v) is 0.586. The normalized spacial score (nSPS) is 9.42. The molecule has 0 aromatic heterocycles. The molecule has 0 fully saturated rings. The van der Waals surface area contributed by atoms with Crippen molar-refractivity contribution in [1.82, 2.24) is 0 Å². The number of hydrogen-bond acceptors (Lipinski definition) is 6. The van der Waals surface area contributed by atoms with Gasteiger partial charge in [-0.25, -0.2) is 9.59 Å². The summed E-state index contributed by atoms with van der Waals surface area (Å²) in [6.07, 6.45) is -1.03. The minimum atomic E-state index is -1.55. The third kappa shape index (κ3) is 18.4. The molecule has 0 bridgehead atoms. The number of carboxylic acid groups (broad SMARTS) is 1. The zero-order chi connectivity index (χ0) is 15.8. The van der Waals surface area contributed by atoms with Crippen LogP contribution >= 0.6 is 0 Å². The van der Waals surface area contributed by atoms with Gasteiger partial charge in [0.2, 0.25) is 0 Å². The first-order chi connectivity index (χ1) is 8.88. The molecule has 1 unspecified atom stereocenters. The Morgan fingerprint density at radius 1 is 1.32 bits per heavy atom. The molecule has 0 aliphatic rings. The molecule has 0 aromatic carbocycles. The summed E-state index contributed by atoms with van der Waals surface area (Å²) in [5.41, 5.74) is 0. The van der Waals surface area contributed by atoms with Gasteiger partial charge in [-0.1, -0.05) is 6.58 Å². The molecule has 2 N–H and O–H groups in total. The molecule has 1 atom stereocenters. The van der Waals surface area contributed by atoms with Crippen LogP contribution in [0.5, 0.6) is 0 Å². The number of rotatable bonds is 5. The molecular formula is C12H20O7. The van der Waals surface area contributed by atoms with Gasteiger partial charge in [-0.15, -0.1) is 13.2 Å². The van der Waals surface area contributed by atoms with Crippen molar-refractivity contribution in [2.75, 3.05) is 13.7 Å². The van der Waals surface area contributed by atoms with E-state index in [1.165, 1.54) is 0 Å². The van der Waals surface area contributed by atoms with Gasteiger partial charge in [0.1, 0.15) is 0 Å². The fraction of sp³-hybridized carbons (Fsp3) is 0.417. The van der Waals surface area contributed by atoms with Crippen molar-refractivity contribution in [2.24, 2.45) is 0 Å². The second-order valence-electron chi connectivity index (χ2n) is 2.59. The second kappa shape index (κ2) is 15.9. The number of methoxy groups -OCH3 is 1. The van der Waals surface area contributed by atoms with E-state index >= 15 is 0 Å². The molecule has 7 heteroatoms. The van der Waals surface area contributed by atoms with Crippen LogP contribution in [0.4, 0.5) is 0 Å². The van der Waals surface area contributed by atoms with Crippen molar-refractivity contribution < 1.29 is 34.1 Å². The molecule has 0 saturated heterocycles. The van der Waals surface area contributed by atoms with Crippen LogP contribution in [-0.4, -0.2) is 47.9 Å². The van der Waals surface area contributed by atoms with E-state index in [0.717, 1.165) is 13.2 Å². The lowest BCUT2D eigenvalue weighted by atomic mass is 10.3. The zero-order valence-electron chi connectivity index (χ0n) is 11.1. The van der Waals surface area contributed by atoms with Crippen molar-refractivity contribution in [1.29, 1.82) is 0 Å². The standard InChI is InChI=1S/C5H8O5.C5H8O2.C2H4/c1-10-5(9)3(6)2-4(7)8;1-3-5(6)7-4-2;1-2/h3,6H,2H2,1H3,(H,7,8);3H,1,4H2,2H3;1-2H2. The Balaban J connectivity index is -0.000000249. The molecule has 0 aromatic rings. The van der Waals surface area contributed by atoms with Crippen molar-refractivity contribution >= 4 is 17.9 Å². The first-order valence-electron chi connectivity index (χ1n) is 5.15. The van der Waals surface area contributed by atoms with Crippen LogP contribution in [-0.2, 0) is 23.9 Å². The summed E-state index contributed by atoms with van der Waals surface area (Å²) in [5.74, 6) is -2.53. The van der Waals surface area contributed by atoms with Crippen LogP contribution in [0.25, 0.3) is 0 Å². The Bertz CT molecular complexity index is 286. The highest BCUT2D eigenvalue weighted by molar-refractivity contribution is 5.81. The predicted octanol–water partition coefficient (Wildman–Crippen LogP) is 0.533. The number of carbonyl (C=O) groups excluding carboxylic acids is 2. The van der Waals surface area contributed by atoms with Gasteiger partial charge in [-0.2, -0.15) is 0 Å². The van der Waals surface area contributed by atoms with Gasteiger partial charge in [0.25, 0.3) is 0 Å². The van der Waals surface area contributed by atoms with Crippen LogP contribution in [0.15, 0.2) is 25.8 Å². The predicted molar refractivity (Wildman–Crippen MR) is 68.4 cm³/mol. The van der Waals surface area contributed by atoms with E-state index in [0.29, 0.717) is 6.61 Å². The van der Waals surface area contributed by atoms with Crippen LogP contribution in [0.1, 0.15) is 13.3 Å². The van der Waals surface area contributed by atoms with E-state index in [2.05, 4.69) is 29.2 Å². The first-order valence-corrected chi connectivity index (χ1v) is 5.15. The minimum Gasteiger partial charge on any atom is -0.481 e. The van der Waals surface area contributed by atoms with Crippen LogP contribution in [0.3, 0.4) is 0 Å². The Morgan fingerprint density at radius 2 is 1.79 bits per heavy atom. The Kier molecular flexibility index (Phi) is 18.4. The number of ether oxygens (including phenoxy) is 2. The summed E-state index contributed by atoms with van der Waals surface area (Å²) in [6.45, 7) is 11.4. The van der Waals surface area contributed by atoms with Gasteiger partial charge in [0.15, 0.2) is 6.10 Å². The van der Waals surface area contributed by atoms with Gasteiger partial charge < -0.3 is 19.7 Å². The number of hydrogen-bond donors (Lipinski definition) is 2. The van der Waals surface area contributed by atoms with Crippen LogP contribution in [0, 0.1) is 0 Å². The lowest BCUT2D eigenvalue weighted by molar-refractivity contribution is -0.155.